The van der Waals surface area contributed by atoms with Crippen LogP contribution in [-0.2, 0) is 21.2 Å². The summed E-state index contributed by atoms with van der Waals surface area (Å²) in [5.41, 5.74) is 3.15. The molecule has 0 aliphatic carbocycles. The number of nitrogens with one attached hydrogen (secondary N) is 1. The zero-order chi connectivity index (χ0) is 20.5. The van der Waals surface area contributed by atoms with E-state index in [0.29, 0.717) is 36.0 Å². The summed E-state index contributed by atoms with van der Waals surface area (Å²) in [6.07, 6.45) is 1.97. The average molecular weight is 421 g/mol. The van der Waals surface area contributed by atoms with Crippen LogP contribution in [0.25, 0.3) is 0 Å². The molecule has 1 aliphatic rings. The van der Waals surface area contributed by atoms with E-state index in [1.54, 1.807) is 12.1 Å². The van der Waals surface area contributed by atoms with Crippen LogP contribution in [0.3, 0.4) is 0 Å². The second-order valence-corrected chi connectivity index (χ2v) is 9.68. The fourth-order valence-corrected chi connectivity index (χ4v) is 4.53. The standard InChI is InChI=1S/C21H25ClN2O3S/c1-14(2)10-11-24-20-8-6-17(12-16(20)5-9-21(24)25)23-28(26,27)18-7-4-15(3)19(22)13-18/h4,6-8,12-14,23H,5,9-11H2,1-3H3. The van der Waals surface area contributed by atoms with Crippen molar-refractivity contribution in [1.29, 1.82) is 0 Å². The van der Waals surface area contributed by atoms with Gasteiger partial charge in [-0.15, -0.1) is 0 Å². The molecule has 0 saturated carbocycles. The summed E-state index contributed by atoms with van der Waals surface area (Å²) in [5.74, 6) is 0.626. The third kappa shape index (κ3) is 4.50. The topological polar surface area (TPSA) is 66.5 Å². The molecule has 1 heterocycles. The fraction of sp³-hybridized carbons (Fsp3) is 0.381. The molecular weight excluding hydrogens is 396 g/mol. The molecule has 0 bridgehead atoms. The van der Waals surface area contributed by atoms with Crippen LogP contribution in [0, 0.1) is 12.8 Å². The molecule has 0 fully saturated rings. The van der Waals surface area contributed by atoms with Crippen molar-refractivity contribution in [3.8, 4) is 0 Å². The van der Waals surface area contributed by atoms with Crippen molar-refractivity contribution in [3.05, 3.63) is 52.5 Å². The van der Waals surface area contributed by atoms with Crippen LogP contribution in [0.4, 0.5) is 11.4 Å². The van der Waals surface area contributed by atoms with E-state index in [0.717, 1.165) is 23.2 Å². The summed E-state index contributed by atoms with van der Waals surface area (Å²) < 4.78 is 28.0. The van der Waals surface area contributed by atoms with Crippen molar-refractivity contribution >= 4 is 38.9 Å². The highest BCUT2D eigenvalue weighted by Crippen LogP contribution is 2.32. The second kappa shape index (κ2) is 8.13. The van der Waals surface area contributed by atoms with Crippen LogP contribution < -0.4 is 9.62 Å². The van der Waals surface area contributed by atoms with E-state index in [1.165, 1.54) is 12.1 Å². The van der Waals surface area contributed by atoms with E-state index < -0.39 is 10.0 Å². The Morgan fingerprint density at radius 2 is 1.89 bits per heavy atom. The van der Waals surface area contributed by atoms with Crippen LogP contribution in [0.1, 0.15) is 37.8 Å². The summed E-state index contributed by atoms with van der Waals surface area (Å²) in [6, 6.07) is 10.0. The minimum Gasteiger partial charge on any atom is -0.312 e. The van der Waals surface area contributed by atoms with E-state index in [-0.39, 0.29) is 10.8 Å². The van der Waals surface area contributed by atoms with Gasteiger partial charge in [0.2, 0.25) is 5.91 Å². The van der Waals surface area contributed by atoms with Crippen LogP contribution in [-0.4, -0.2) is 20.9 Å². The summed E-state index contributed by atoms with van der Waals surface area (Å²) in [7, 11) is -3.74. The van der Waals surface area contributed by atoms with Gasteiger partial charge in [-0.25, -0.2) is 8.42 Å². The number of nitrogens with zero attached hydrogens (tertiary/aromatic N) is 1. The number of anilines is 2. The molecular formula is C21H25ClN2O3S. The van der Waals surface area contributed by atoms with Gasteiger partial charge in [0.25, 0.3) is 10.0 Å². The Labute approximate surface area is 171 Å². The summed E-state index contributed by atoms with van der Waals surface area (Å²) in [6.45, 7) is 6.76. The number of sulfonamides is 1. The maximum atomic E-state index is 12.7. The molecule has 3 rings (SSSR count). The summed E-state index contributed by atoms with van der Waals surface area (Å²) in [4.78, 5) is 14.3. The van der Waals surface area contributed by atoms with Crippen molar-refractivity contribution in [3.63, 3.8) is 0 Å². The molecule has 0 unspecified atom stereocenters. The number of aryl methyl sites for hydroxylation is 2. The normalized spacial score (nSPS) is 14.3. The predicted octanol–water partition coefficient (Wildman–Crippen LogP) is 4.77. The van der Waals surface area contributed by atoms with E-state index in [4.69, 9.17) is 11.6 Å². The molecule has 0 spiro atoms. The van der Waals surface area contributed by atoms with Gasteiger partial charge in [-0.05, 0) is 67.1 Å². The number of amides is 1. The van der Waals surface area contributed by atoms with Crippen molar-refractivity contribution < 1.29 is 13.2 Å². The first-order valence-corrected chi connectivity index (χ1v) is 11.3. The minimum atomic E-state index is -3.74. The lowest BCUT2D eigenvalue weighted by Crippen LogP contribution is -2.36. The van der Waals surface area contributed by atoms with Crippen molar-refractivity contribution in [1.82, 2.24) is 0 Å². The Kier molecular flexibility index (Phi) is 6.01. The molecule has 0 radical (unpaired) electrons. The lowest BCUT2D eigenvalue weighted by molar-refractivity contribution is -0.118. The first-order valence-electron chi connectivity index (χ1n) is 9.39. The third-order valence-corrected chi connectivity index (χ3v) is 6.70. The Hall–Kier alpha value is -2.05. The van der Waals surface area contributed by atoms with Gasteiger partial charge in [-0.2, -0.15) is 0 Å². The molecule has 0 aromatic heterocycles. The number of carbonyl (C=O) groups excluding carboxylic acids is 1. The number of carbonyl (C=O) groups is 1. The number of halogens is 1. The number of fused-ring (bicyclic) bond motifs is 1. The van der Waals surface area contributed by atoms with Gasteiger partial charge in [0.15, 0.2) is 0 Å². The van der Waals surface area contributed by atoms with Gasteiger partial charge < -0.3 is 4.90 Å². The van der Waals surface area contributed by atoms with Crippen molar-refractivity contribution in [2.45, 2.75) is 44.9 Å². The molecule has 2 aromatic carbocycles. The first kappa shape index (κ1) is 20.7. The Bertz CT molecular complexity index is 1000. The highest BCUT2D eigenvalue weighted by Gasteiger charge is 2.25. The lowest BCUT2D eigenvalue weighted by Gasteiger charge is -2.30. The Morgan fingerprint density at radius 3 is 2.57 bits per heavy atom. The maximum Gasteiger partial charge on any atom is 0.261 e. The molecule has 7 heteroatoms. The third-order valence-electron chi connectivity index (χ3n) is 4.92. The zero-order valence-electron chi connectivity index (χ0n) is 16.3. The van der Waals surface area contributed by atoms with Crippen LogP contribution in [0.2, 0.25) is 5.02 Å². The van der Waals surface area contributed by atoms with E-state index >= 15 is 0 Å². The molecule has 28 heavy (non-hydrogen) atoms. The van der Waals surface area contributed by atoms with Gasteiger partial charge in [0, 0.05) is 29.4 Å². The zero-order valence-corrected chi connectivity index (χ0v) is 17.9. The first-order chi connectivity index (χ1) is 13.2. The quantitative estimate of drug-likeness (QED) is 0.731. The van der Waals surface area contributed by atoms with Gasteiger partial charge in [0.05, 0.1) is 4.90 Å². The van der Waals surface area contributed by atoms with Crippen LogP contribution in [0.5, 0.6) is 0 Å². The maximum absolute atomic E-state index is 12.7. The molecule has 2 aromatic rings. The fourth-order valence-electron chi connectivity index (χ4n) is 3.21. The monoisotopic (exact) mass is 420 g/mol. The van der Waals surface area contributed by atoms with Crippen LogP contribution in [0.15, 0.2) is 41.3 Å². The van der Waals surface area contributed by atoms with Gasteiger partial charge in [0.1, 0.15) is 0 Å². The second-order valence-electron chi connectivity index (χ2n) is 7.59. The average Bonchev–Trinajstić information content (AvgIpc) is 2.62. The Morgan fingerprint density at radius 1 is 1.14 bits per heavy atom. The van der Waals surface area contributed by atoms with Crippen molar-refractivity contribution in [2.75, 3.05) is 16.2 Å². The number of hydrogen-bond donors (Lipinski definition) is 1. The smallest absolute Gasteiger partial charge is 0.261 e. The highest BCUT2D eigenvalue weighted by molar-refractivity contribution is 7.92. The molecule has 0 saturated heterocycles. The molecule has 150 valence electrons. The molecule has 0 atom stereocenters. The predicted molar refractivity (Wildman–Crippen MR) is 114 cm³/mol. The minimum absolute atomic E-state index is 0.120. The van der Waals surface area contributed by atoms with Gasteiger partial charge in [-0.3, -0.25) is 9.52 Å². The summed E-state index contributed by atoms with van der Waals surface area (Å²) in [5, 5.41) is 0.410. The largest absolute Gasteiger partial charge is 0.312 e. The number of hydrogen-bond acceptors (Lipinski definition) is 3. The van der Waals surface area contributed by atoms with Gasteiger partial charge >= 0.3 is 0 Å². The lowest BCUT2D eigenvalue weighted by atomic mass is 9.99. The SMILES string of the molecule is Cc1ccc(S(=O)(=O)Nc2ccc3c(c2)CCC(=O)N3CCC(C)C)cc1Cl. The van der Waals surface area contributed by atoms with E-state index in [1.807, 2.05) is 24.0 Å². The van der Waals surface area contributed by atoms with Crippen LogP contribution >= 0.6 is 11.6 Å². The van der Waals surface area contributed by atoms with Crippen molar-refractivity contribution in [2.24, 2.45) is 5.92 Å². The molecule has 1 amide bonds. The van der Waals surface area contributed by atoms with E-state index in [9.17, 15) is 13.2 Å². The summed E-state index contributed by atoms with van der Waals surface area (Å²) >= 11 is 6.07. The van der Waals surface area contributed by atoms with E-state index in [2.05, 4.69) is 18.6 Å². The van der Waals surface area contributed by atoms with Gasteiger partial charge in [-0.1, -0.05) is 31.5 Å². The molecule has 1 aliphatic heterocycles. The number of benzene rings is 2. The molecule has 5 nitrogen and oxygen atoms in total. The number of rotatable bonds is 6. The Balaban J connectivity index is 1.85. The molecule has 1 N–H and O–H groups in total. The highest BCUT2D eigenvalue weighted by atomic mass is 35.5.